The van der Waals surface area contributed by atoms with Gasteiger partial charge in [-0.05, 0) is 26.0 Å². The monoisotopic (exact) mass is 330 g/mol. The van der Waals surface area contributed by atoms with Gasteiger partial charge in [0.15, 0.2) is 5.82 Å². The Balaban J connectivity index is 1.67. The minimum atomic E-state index is -0.314. The molecule has 2 amide bonds. The van der Waals surface area contributed by atoms with Gasteiger partial charge in [-0.15, -0.1) is 0 Å². The summed E-state index contributed by atoms with van der Waals surface area (Å²) in [7, 11) is 1.79. The largest absolute Gasteiger partial charge is 0.494 e. The molecule has 1 aromatic carbocycles. The molecule has 0 spiro atoms. The summed E-state index contributed by atoms with van der Waals surface area (Å²) in [4.78, 5) is 12.0. The van der Waals surface area contributed by atoms with E-state index in [2.05, 4.69) is 15.7 Å². The van der Waals surface area contributed by atoms with Crippen LogP contribution in [0.1, 0.15) is 25.0 Å². The Hall–Kier alpha value is -2.70. The van der Waals surface area contributed by atoms with Gasteiger partial charge in [-0.3, -0.25) is 10.00 Å². The number of aryl methyl sites for hydroxylation is 1. The van der Waals surface area contributed by atoms with E-state index in [1.807, 2.05) is 26.0 Å². The second-order valence-corrected chi connectivity index (χ2v) is 5.82. The Morgan fingerprint density at radius 1 is 1.50 bits per heavy atom. The number of amides is 2. The van der Waals surface area contributed by atoms with E-state index in [1.165, 1.54) is 0 Å². The molecule has 1 aliphatic rings. The van der Waals surface area contributed by atoms with E-state index < -0.39 is 0 Å². The minimum Gasteiger partial charge on any atom is -0.494 e. The molecular weight excluding hydrogens is 308 g/mol. The van der Waals surface area contributed by atoms with Gasteiger partial charge in [-0.25, -0.2) is 4.79 Å². The van der Waals surface area contributed by atoms with Crippen molar-refractivity contribution in [2.24, 2.45) is 7.05 Å². The summed E-state index contributed by atoms with van der Waals surface area (Å²) in [6.07, 6.45) is 2.82. The quantitative estimate of drug-likeness (QED) is 0.883. The van der Waals surface area contributed by atoms with Crippen molar-refractivity contribution in [3.8, 4) is 11.5 Å². The Kier molecular flexibility index (Phi) is 4.59. The number of ether oxygens (including phenoxy) is 2. The van der Waals surface area contributed by atoms with Gasteiger partial charge in [0.1, 0.15) is 17.6 Å². The van der Waals surface area contributed by atoms with Crippen LogP contribution in [0.2, 0.25) is 0 Å². The molecule has 128 valence electrons. The maximum Gasteiger partial charge on any atom is 0.320 e. The van der Waals surface area contributed by atoms with Crippen molar-refractivity contribution in [3.63, 3.8) is 0 Å². The molecule has 1 aromatic heterocycles. The zero-order chi connectivity index (χ0) is 17.1. The highest BCUT2D eigenvalue weighted by Crippen LogP contribution is 2.35. The zero-order valence-corrected chi connectivity index (χ0v) is 14.1. The van der Waals surface area contributed by atoms with Crippen molar-refractivity contribution >= 4 is 11.8 Å². The van der Waals surface area contributed by atoms with E-state index in [-0.39, 0.29) is 12.1 Å². The first kappa shape index (κ1) is 16.2. The fraction of sp³-hybridized carbons (Fsp3) is 0.412. The zero-order valence-electron chi connectivity index (χ0n) is 14.1. The van der Waals surface area contributed by atoms with Crippen LogP contribution in [0.25, 0.3) is 0 Å². The fourth-order valence-corrected chi connectivity index (χ4v) is 2.73. The van der Waals surface area contributed by atoms with E-state index in [1.54, 1.807) is 24.0 Å². The molecule has 3 rings (SSSR count). The molecule has 0 bridgehead atoms. The summed E-state index contributed by atoms with van der Waals surface area (Å²) in [5, 5.41) is 9.62. The smallest absolute Gasteiger partial charge is 0.320 e. The van der Waals surface area contributed by atoms with Crippen LogP contribution in [-0.2, 0) is 20.0 Å². The second-order valence-electron chi connectivity index (χ2n) is 5.82. The van der Waals surface area contributed by atoms with Gasteiger partial charge in [-0.2, -0.15) is 5.10 Å². The molecule has 7 nitrogen and oxygen atoms in total. The number of nitrogens with one attached hydrogen (secondary N) is 2. The molecule has 2 N–H and O–H groups in total. The first-order valence-corrected chi connectivity index (χ1v) is 8.05. The number of carbonyl (C=O) groups excluding carboxylic acids is 1. The van der Waals surface area contributed by atoms with Crippen molar-refractivity contribution in [1.82, 2.24) is 15.1 Å². The number of hydrogen-bond donors (Lipinski definition) is 2. The van der Waals surface area contributed by atoms with Crippen LogP contribution in [0.3, 0.4) is 0 Å². The lowest BCUT2D eigenvalue weighted by molar-refractivity contribution is 0.250. The average Bonchev–Trinajstić information content (AvgIpc) is 3.09. The maximum atomic E-state index is 12.0. The number of fused-ring (bicyclic) bond motifs is 1. The van der Waals surface area contributed by atoms with E-state index >= 15 is 0 Å². The predicted octanol–water partition coefficient (Wildman–Crippen LogP) is 2.46. The predicted molar refractivity (Wildman–Crippen MR) is 90.5 cm³/mol. The molecule has 0 saturated heterocycles. The lowest BCUT2D eigenvalue weighted by atomic mass is 10.1. The van der Waals surface area contributed by atoms with Crippen molar-refractivity contribution < 1.29 is 14.3 Å². The molecule has 2 heterocycles. The molecule has 2 aromatic rings. The summed E-state index contributed by atoms with van der Waals surface area (Å²) < 4.78 is 13.1. The second kappa shape index (κ2) is 6.82. The molecule has 24 heavy (non-hydrogen) atoms. The third-order valence-corrected chi connectivity index (χ3v) is 3.77. The van der Waals surface area contributed by atoms with Gasteiger partial charge in [0.2, 0.25) is 0 Å². The van der Waals surface area contributed by atoms with Crippen molar-refractivity contribution in [1.29, 1.82) is 0 Å². The van der Waals surface area contributed by atoms with Gasteiger partial charge in [0, 0.05) is 43.4 Å². The maximum absolute atomic E-state index is 12.0. The lowest BCUT2D eigenvalue weighted by Gasteiger charge is -2.13. The number of carbonyl (C=O) groups is 1. The van der Waals surface area contributed by atoms with Crippen LogP contribution in [0.4, 0.5) is 10.6 Å². The average molecular weight is 330 g/mol. The minimum absolute atomic E-state index is 0.171. The molecule has 0 saturated carbocycles. The fourth-order valence-electron chi connectivity index (χ4n) is 2.73. The SMILES string of the molecule is CCOc1cc2c(cc1CNC(=O)Nc1ccn(C)n1)OC(C)C2. The van der Waals surface area contributed by atoms with E-state index in [0.717, 1.165) is 29.0 Å². The lowest BCUT2D eigenvalue weighted by Crippen LogP contribution is -2.28. The summed E-state index contributed by atoms with van der Waals surface area (Å²) in [5.41, 5.74) is 2.04. The first-order valence-electron chi connectivity index (χ1n) is 8.05. The number of anilines is 1. The number of nitrogens with zero attached hydrogens (tertiary/aromatic N) is 2. The summed E-state index contributed by atoms with van der Waals surface area (Å²) in [5.74, 6) is 2.16. The summed E-state index contributed by atoms with van der Waals surface area (Å²) >= 11 is 0. The van der Waals surface area contributed by atoms with Crippen LogP contribution in [-0.4, -0.2) is 28.5 Å². The molecule has 1 aliphatic heterocycles. The van der Waals surface area contributed by atoms with Gasteiger partial charge in [0.25, 0.3) is 0 Å². The normalized spacial score (nSPS) is 15.5. The topological polar surface area (TPSA) is 77.4 Å². The molecule has 1 atom stereocenters. The Morgan fingerprint density at radius 2 is 2.33 bits per heavy atom. The third-order valence-electron chi connectivity index (χ3n) is 3.77. The van der Waals surface area contributed by atoms with Crippen molar-refractivity contribution in [2.45, 2.75) is 32.9 Å². The first-order chi connectivity index (χ1) is 11.5. The number of aromatic nitrogens is 2. The van der Waals surface area contributed by atoms with E-state index in [9.17, 15) is 4.79 Å². The molecule has 0 radical (unpaired) electrons. The van der Waals surface area contributed by atoms with Crippen LogP contribution < -0.4 is 20.1 Å². The molecule has 7 heteroatoms. The molecule has 1 unspecified atom stereocenters. The van der Waals surface area contributed by atoms with Crippen molar-refractivity contribution in [3.05, 3.63) is 35.5 Å². The highest BCUT2D eigenvalue weighted by atomic mass is 16.5. The number of benzene rings is 1. The summed E-state index contributed by atoms with van der Waals surface area (Å²) in [6.45, 7) is 4.90. The van der Waals surface area contributed by atoms with Gasteiger partial charge < -0.3 is 14.8 Å². The van der Waals surface area contributed by atoms with E-state index in [0.29, 0.717) is 19.0 Å². The Bertz CT molecular complexity index is 741. The van der Waals surface area contributed by atoms with Crippen LogP contribution >= 0.6 is 0 Å². The highest BCUT2D eigenvalue weighted by Gasteiger charge is 2.22. The summed E-state index contributed by atoms with van der Waals surface area (Å²) in [6, 6.07) is 5.38. The number of hydrogen-bond acceptors (Lipinski definition) is 4. The highest BCUT2D eigenvalue weighted by molar-refractivity contribution is 5.88. The number of rotatable bonds is 5. The van der Waals surface area contributed by atoms with E-state index in [4.69, 9.17) is 9.47 Å². The Morgan fingerprint density at radius 3 is 3.04 bits per heavy atom. The molecule has 0 fully saturated rings. The molecular formula is C17H22N4O3. The van der Waals surface area contributed by atoms with Gasteiger partial charge >= 0.3 is 6.03 Å². The van der Waals surface area contributed by atoms with Gasteiger partial charge in [0.05, 0.1) is 6.61 Å². The molecule has 0 aliphatic carbocycles. The van der Waals surface area contributed by atoms with Crippen LogP contribution in [0, 0.1) is 0 Å². The number of urea groups is 1. The van der Waals surface area contributed by atoms with Crippen molar-refractivity contribution in [2.75, 3.05) is 11.9 Å². The third kappa shape index (κ3) is 3.61. The van der Waals surface area contributed by atoms with Gasteiger partial charge in [-0.1, -0.05) is 0 Å². The van der Waals surface area contributed by atoms with Crippen LogP contribution in [0.15, 0.2) is 24.4 Å². The van der Waals surface area contributed by atoms with Crippen LogP contribution in [0.5, 0.6) is 11.5 Å². The standard InChI is InChI=1S/C17H22N4O3/c1-4-23-14-8-12-7-11(2)24-15(12)9-13(14)10-18-17(22)19-16-5-6-21(3)20-16/h5-6,8-9,11H,4,7,10H2,1-3H3,(H2,18,19,20,22). The Labute approximate surface area is 140 Å².